The van der Waals surface area contributed by atoms with Gasteiger partial charge in [-0.1, -0.05) is 0 Å². The van der Waals surface area contributed by atoms with Crippen LogP contribution in [0.25, 0.3) is 0 Å². The molecule has 2 N–H and O–H groups in total. The first kappa shape index (κ1) is 18.6. The van der Waals surface area contributed by atoms with E-state index in [0.29, 0.717) is 24.2 Å². The zero-order valence-corrected chi connectivity index (χ0v) is 16.3. The zero-order chi connectivity index (χ0) is 19.0. The van der Waals surface area contributed by atoms with Gasteiger partial charge in [0.2, 0.25) is 11.8 Å². The minimum absolute atomic E-state index is 0.0884. The van der Waals surface area contributed by atoms with Crippen molar-refractivity contribution in [3.05, 3.63) is 17.7 Å². The van der Waals surface area contributed by atoms with Crippen molar-refractivity contribution in [2.45, 2.75) is 44.4 Å². The van der Waals surface area contributed by atoms with E-state index >= 15 is 0 Å². The fourth-order valence-electron chi connectivity index (χ4n) is 4.45. The number of rotatable bonds is 4. The Bertz CT molecular complexity index is 684. The van der Waals surface area contributed by atoms with Crippen molar-refractivity contribution < 1.29 is 14.3 Å². The fourth-order valence-corrected chi connectivity index (χ4v) is 4.45. The molecule has 1 aromatic rings. The van der Waals surface area contributed by atoms with Gasteiger partial charge in [-0.3, -0.25) is 25.4 Å². The minimum atomic E-state index is -0.0884. The van der Waals surface area contributed by atoms with E-state index in [2.05, 4.69) is 34.6 Å². The number of pyridine rings is 1. The lowest BCUT2D eigenvalue weighted by Crippen LogP contribution is -2.52. The topological polar surface area (TPSA) is 79.0 Å². The van der Waals surface area contributed by atoms with E-state index in [4.69, 9.17) is 9.47 Å². The first-order valence-corrected chi connectivity index (χ1v) is 9.78. The number of amides is 1. The maximum absolute atomic E-state index is 13.1. The number of aromatic nitrogens is 1. The Morgan fingerprint density at radius 1 is 1.19 bits per heavy atom. The third-order valence-corrected chi connectivity index (χ3v) is 5.67. The summed E-state index contributed by atoms with van der Waals surface area (Å²) in [6.45, 7) is 8.10. The molecule has 8 heteroatoms. The lowest BCUT2D eigenvalue weighted by Gasteiger charge is -2.38. The van der Waals surface area contributed by atoms with Crippen LogP contribution in [0.15, 0.2) is 12.1 Å². The Labute approximate surface area is 160 Å². The highest BCUT2D eigenvalue weighted by molar-refractivity contribution is 5.98. The molecule has 8 nitrogen and oxygen atoms in total. The largest absolute Gasteiger partial charge is 0.481 e. The Balaban J connectivity index is 1.51. The summed E-state index contributed by atoms with van der Waals surface area (Å²) in [7, 11) is 1.64. The lowest BCUT2D eigenvalue weighted by molar-refractivity contribution is -0.127. The second-order valence-corrected chi connectivity index (χ2v) is 7.73. The van der Waals surface area contributed by atoms with Gasteiger partial charge < -0.3 is 9.47 Å². The summed E-state index contributed by atoms with van der Waals surface area (Å²) >= 11 is 0. The van der Waals surface area contributed by atoms with Gasteiger partial charge in [-0.25, -0.2) is 0 Å². The van der Waals surface area contributed by atoms with Crippen molar-refractivity contribution in [1.29, 1.82) is 0 Å². The zero-order valence-electron chi connectivity index (χ0n) is 16.3. The maximum atomic E-state index is 13.1. The predicted octanol–water partition coefficient (Wildman–Crippen LogP) is 0.496. The Morgan fingerprint density at radius 3 is 2.56 bits per heavy atom. The van der Waals surface area contributed by atoms with E-state index in [9.17, 15) is 4.79 Å². The Hall–Kier alpha value is -1.74. The summed E-state index contributed by atoms with van der Waals surface area (Å²) in [5.41, 5.74) is 7.34. The average molecular weight is 375 g/mol. The summed E-state index contributed by atoms with van der Waals surface area (Å²) in [5, 5.41) is 0. The monoisotopic (exact) mass is 375 g/mol. The highest BCUT2D eigenvalue weighted by Gasteiger charge is 2.40. The molecule has 1 amide bonds. The summed E-state index contributed by atoms with van der Waals surface area (Å²) in [4.78, 5) is 21.8. The molecule has 0 spiro atoms. The Kier molecular flexibility index (Phi) is 5.32. The van der Waals surface area contributed by atoms with Crippen molar-refractivity contribution in [3.63, 3.8) is 0 Å². The number of methoxy groups -OCH3 is 1. The number of carbonyl (C=O) groups is 1. The SMILES string of the molecule is COc1nc(N2CCC(N3CC(C)OC(C)C3)C2=O)ccc1C1CNNC1. The number of morpholine rings is 1. The van der Waals surface area contributed by atoms with E-state index in [1.54, 1.807) is 12.0 Å². The van der Waals surface area contributed by atoms with Crippen molar-refractivity contribution in [1.82, 2.24) is 20.7 Å². The van der Waals surface area contributed by atoms with Gasteiger partial charge in [-0.05, 0) is 32.4 Å². The fraction of sp³-hybridized carbons (Fsp3) is 0.684. The van der Waals surface area contributed by atoms with Gasteiger partial charge in [0.25, 0.3) is 0 Å². The number of nitrogens with one attached hydrogen (secondary N) is 2. The number of ether oxygens (including phenoxy) is 2. The van der Waals surface area contributed by atoms with Crippen LogP contribution in [0.2, 0.25) is 0 Å². The highest BCUT2D eigenvalue weighted by atomic mass is 16.5. The second-order valence-electron chi connectivity index (χ2n) is 7.73. The van der Waals surface area contributed by atoms with Gasteiger partial charge in [-0.15, -0.1) is 0 Å². The third kappa shape index (κ3) is 3.67. The normalized spacial score (nSPS) is 30.3. The second kappa shape index (κ2) is 7.71. The molecule has 0 aliphatic carbocycles. The Morgan fingerprint density at radius 2 is 1.89 bits per heavy atom. The van der Waals surface area contributed by atoms with E-state index in [0.717, 1.165) is 38.2 Å². The van der Waals surface area contributed by atoms with Crippen LogP contribution < -0.4 is 20.5 Å². The summed E-state index contributed by atoms with van der Waals surface area (Å²) in [6.07, 6.45) is 1.13. The molecule has 148 valence electrons. The standard InChI is InChI=1S/C19H29N5O3/c1-12-10-23(11-13(2)27-12)16-6-7-24(19(16)25)17-5-4-15(18(22-17)26-3)14-8-20-21-9-14/h4-5,12-14,16,20-21H,6-11H2,1-3H3. The molecule has 4 rings (SSSR count). The molecule has 0 saturated carbocycles. The molecule has 3 atom stereocenters. The van der Waals surface area contributed by atoms with Gasteiger partial charge in [0.05, 0.1) is 25.4 Å². The van der Waals surface area contributed by atoms with Crippen LogP contribution in [0, 0.1) is 0 Å². The van der Waals surface area contributed by atoms with Crippen LogP contribution in [0.4, 0.5) is 5.82 Å². The molecular formula is C19H29N5O3. The van der Waals surface area contributed by atoms with Crippen molar-refractivity contribution in [2.24, 2.45) is 0 Å². The van der Waals surface area contributed by atoms with Gasteiger partial charge in [0.15, 0.2) is 0 Å². The molecule has 0 radical (unpaired) electrons. The van der Waals surface area contributed by atoms with Crippen molar-refractivity contribution in [3.8, 4) is 5.88 Å². The average Bonchev–Trinajstić information content (AvgIpc) is 3.30. The summed E-state index contributed by atoms with van der Waals surface area (Å²) < 4.78 is 11.3. The van der Waals surface area contributed by atoms with E-state index in [1.165, 1.54) is 0 Å². The molecule has 27 heavy (non-hydrogen) atoms. The van der Waals surface area contributed by atoms with E-state index < -0.39 is 0 Å². The molecule has 4 heterocycles. The number of hydrogen-bond acceptors (Lipinski definition) is 7. The van der Waals surface area contributed by atoms with Gasteiger partial charge in [0.1, 0.15) is 5.82 Å². The summed E-state index contributed by atoms with van der Waals surface area (Å²) in [6, 6.07) is 3.90. The molecule has 3 fully saturated rings. The lowest BCUT2D eigenvalue weighted by atomic mass is 10.0. The number of anilines is 1. The van der Waals surface area contributed by atoms with Crippen LogP contribution in [0.3, 0.4) is 0 Å². The van der Waals surface area contributed by atoms with Crippen LogP contribution >= 0.6 is 0 Å². The molecule has 1 aromatic heterocycles. The van der Waals surface area contributed by atoms with Crippen molar-refractivity contribution in [2.75, 3.05) is 44.7 Å². The van der Waals surface area contributed by atoms with Crippen LogP contribution in [-0.2, 0) is 9.53 Å². The first-order valence-electron chi connectivity index (χ1n) is 9.78. The van der Waals surface area contributed by atoms with Crippen molar-refractivity contribution >= 4 is 11.7 Å². The summed E-state index contributed by atoms with van der Waals surface area (Å²) in [5.74, 6) is 1.73. The third-order valence-electron chi connectivity index (χ3n) is 5.67. The highest BCUT2D eigenvalue weighted by Crippen LogP contribution is 2.31. The molecule has 3 aliphatic rings. The van der Waals surface area contributed by atoms with Crippen LogP contribution in [0.5, 0.6) is 5.88 Å². The number of hydrogen-bond donors (Lipinski definition) is 2. The molecule has 3 saturated heterocycles. The molecule has 0 aromatic carbocycles. The number of nitrogens with zero attached hydrogens (tertiary/aromatic N) is 3. The predicted molar refractivity (Wildman–Crippen MR) is 102 cm³/mol. The maximum Gasteiger partial charge on any atom is 0.245 e. The van der Waals surface area contributed by atoms with Gasteiger partial charge >= 0.3 is 0 Å². The number of hydrazine groups is 1. The number of carbonyl (C=O) groups excluding carboxylic acids is 1. The van der Waals surface area contributed by atoms with E-state index in [1.807, 2.05) is 12.1 Å². The molecule has 3 aliphatic heterocycles. The van der Waals surface area contributed by atoms with Crippen LogP contribution in [0.1, 0.15) is 31.7 Å². The van der Waals surface area contributed by atoms with E-state index in [-0.39, 0.29) is 24.2 Å². The van der Waals surface area contributed by atoms with Crippen LogP contribution in [-0.4, -0.2) is 73.9 Å². The van der Waals surface area contributed by atoms with Gasteiger partial charge in [-0.2, -0.15) is 4.98 Å². The molecule has 0 bridgehead atoms. The molecular weight excluding hydrogens is 346 g/mol. The smallest absolute Gasteiger partial charge is 0.245 e. The quantitative estimate of drug-likeness (QED) is 0.793. The minimum Gasteiger partial charge on any atom is -0.481 e. The van der Waals surface area contributed by atoms with Gasteiger partial charge in [0, 0.05) is 44.2 Å². The molecule has 3 unspecified atom stereocenters. The first-order chi connectivity index (χ1) is 13.1.